The molecule has 1 aliphatic heterocycles. The Morgan fingerprint density at radius 3 is 2.71 bits per heavy atom. The average molecular weight is 226 g/mol. The Morgan fingerprint density at radius 1 is 1.50 bits per heavy atom. The standard InChI is InChI=1S/C8H15NO4.ClH/c1-2-13-8(12)5-3-9-4-6(10)7(5)11;/h5-7,9-11H,2-4H2,1H3;1H. The summed E-state index contributed by atoms with van der Waals surface area (Å²) in [6.45, 7) is 2.67. The van der Waals surface area contributed by atoms with Gasteiger partial charge in [0.05, 0.1) is 24.7 Å². The first-order valence-electron chi connectivity index (χ1n) is 4.40. The number of β-amino-alcohol motifs (C(OH)–C–C–N with tert-alkyl or cyclic N) is 1. The van der Waals surface area contributed by atoms with Gasteiger partial charge in [0.2, 0.25) is 0 Å². The van der Waals surface area contributed by atoms with Gasteiger partial charge in [-0.15, -0.1) is 12.4 Å². The van der Waals surface area contributed by atoms with E-state index in [0.717, 1.165) is 0 Å². The Balaban J connectivity index is 0.00000169. The van der Waals surface area contributed by atoms with Crippen LogP contribution in [-0.4, -0.2) is 48.1 Å². The molecule has 0 spiro atoms. The highest BCUT2D eigenvalue weighted by atomic mass is 35.5. The van der Waals surface area contributed by atoms with Gasteiger partial charge in [0.1, 0.15) is 0 Å². The summed E-state index contributed by atoms with van der Waals surface area (Å²) in [5.74, 6) is -1.11. The fourth-order valence-electron chi connectivity index (χ4n) is 1.37. The molecule has 0 amide bonds. The van der Waals surface area contributed by atoms with Gasteiger partial charge in [-0.05, 0) is 6.92 Å². The monoisotopic (exact) mass is 225 g/mol. The zero-order valence-corrected chi connectivity index (χ0v) is 8.79. The third-order valence-electron chi connectivity index (χ3n) is 2.11. The second kappa shape index (κ2) is 6.19. The molecule has 84 valence electrons. The molecule has 0 saturated carbocycles. The fourth-order valence-corrected chi connectivity index (χ4v) is 1.37. The number of hydrogen-bond acceptors (Lipinski definition) is 5. The van der Waals surface area contributed by atoms with Crippen LogP contribution in [0.5, 0.6) is 0 Å². The lowest BCUT2D eigenvalue weighted by Gasteiger charge is -2.30. The van der Waals surface area contributed by atoms with E-state index in [2.05, 4.69) is 5.32 Å². The minimum absolute atomic E-state index is 0. The molecule has 3 unspecified atom stereocenters. The first-order chi connectivity index (χ1) is 6.16. The van der Waals surface area contributed by atoms with E-state index in [4.69, 9.17) is 4.74 Å². The lowest BCUT2D eigenvalue weighted by molar-refractivity contribution is -0.157. The molecule has 0 radical (unpaired) electrons. The number of aliphatic hydroxyl groups excluding tert-OH is 2. The third-order valence-corrected chi connectivity index (χ3v) is 2.11. The average Bonchev–Trinajstić information content (AvgIpc) is 2.10. The van der Waals surface area contributed by atoms with Crippen LogP contribution >= 0.6 is 12.4 Å². The molecule has 14 heavy (non-hydrogen) atoms. The van der Waals surface area contributed by atoms with Crippen molar-refractivity contribution in [1.29, 1.82) is 0 Å². The van der Waals surface area contributed by atoms with E-state index in [1.165, 1.54) is 0 Å². The summed E-state index contributed by atoms with van der Waals surface area (Å²) < 4.78 is 4.75. The number of carbonyl (C=O) groups is 1. The van der Waals surface area contributed by atoms with Crippen molar-refractivity contribution in [3.63, 3.8) is 0 Å². The van der Waals surface area contributed by atoms with E-state index >= 15 is 0 Å². The first kappa shape index (κ1) is 13.6. The predicted octanol–water partition coefficient (Wildman–Crippen LogP) is -1.09. The number of halogens is 1. The van der Waals surface area contributed by atoms with E-state index in [-0.39, 0.29) is 19.0 Å². The second-order valence-corrected chi connectivity index (χ2v) is 3.07. The van der Waals surface area contributed by atoms with Gasteiger partial charge in [0.15, 0.2) is 0 Å². The molecule has 6 heteroatoms. The number of hydrogen-bond donors (Lipinski definition) is 3. The largest absolute Gasteiger partial charge is 0.466 e. The number of carbonyl (C=O) groups excluding carboxylic acids is 1. The highest BCUT2D eigenvalue weighted by Gasteiger charge is 2.36. The van der Waals surface area contributed by atoms with Crippen LogP contribution in [0.25, 0.3) is 0 Å². The molecule has 1 rings (SSSR count). The van der Waals surface area contributed by atoms with Crippen molar-refractivity contribution in [2.75, 3.05) is 19.7 Å². The van der Waals surface area contributed by atoms with E-state index in [1.54, 1.807) is 6.92 Å². The minimum atomic E-state index is -1.01. The van der Waals surface area contributed by atoms with Crippen LogP contribution in [-0.2, 0) is 9.53 Å². The normalized spacial score (nSPS) is 31.8. The Hall–Kier alpha value is -0.360. The summed E-state index contributed by atoms with van der Waals surface area (Å²) in [7, 11) is 0. The summed E-state index contributed by atoms with van der Waals surface area (Å²) in [6, 6.07) is 0. The summed E-state index contributed by atoms with van der Waals surface area (Å²) in [5, 5.41) is 21.5. The van der Waals surface area contributed by atoms with Crippen molar-refractivity contribution < 1.29 is 19.7 Å². The molecular weight excluding hydrogens is 210 g/mol. The Kier molecular flexibility index (Phi) is 6.03. The topological polar surface area (TPSA) is 78.8 Å². The molecule has 0 aliphatic carbocycles. The Morgan fingerprint density at radius 2 is 2.14 bits per heavy atom. The SMILES string of the molecule is CCOC(=O)C1CNCC(O)C1O.Cl. The van der Waals surface area contributed by atoms with Gasteiger partial charge < -0.3 is 20.3 Å². The Bertz CT molecular complexity index is 190. The van der Waals surface area contributed by atoms with Crippen LogP contribution < -0.4 is 5.32 Å². The van der Waals surface area contributed by atoms with Gasteiger partial charge in [-0.1, -0.05) is 0 Å². The number of aliphatic hydroxyl groups is 2. The van der Waals surface area contributed by atoms with Gasteiger partial charge in [-0.2, -0.15) is 0 Å². The maximum absolute atomic E-state index is 11.2. The smallest absolute Gasteiger partial charge is 0.312 e. The quantitative estimate of drug-likeness (QED) is 0.521. The molecule has 1 heterocycles. The zero-order chi connectivity index (χ0) is 9.84. The molecule has 5 nitrogen and oxygen atoms in total. The van der Waals surface area contributed by atoms with Gasteiger partial charge in [0.25, 0.3) is 0 Å². The highest BCUT2D eigenvalue weighted by molar-refractivity contribution is 5.85. The van der Waals surface area contributed by atoms with Crippen LogP contribution in [0, 0.1) is 5.92 Å². The van der Waals surface area contributed by atoms with Crippen LogP contribution in [0.3, 0.4) is 0 Å². The summed E-state index contributed by atoms with van der Waals surface area (Å²) in [4.78, 5) is 11.2. The van der Waals surface area contributed by atoms with Gasteiger partial charge >= 0.3 is 5.97 Å². The van der Waals surface area contributed by atoms with E-state index in [0.29, 0.717) is 13.1 Å². The van der Waals surface area contributed by atoms with Crippen molar-refractivity contribution >= 4 is 18.4 Å². The fraction of sp³-hybridized carbons (Fsp3) is 0.875. The number of nitrogens with one attached hydrogen (secondary N) is 1. The molecule has 0 bridgehead atoms. The maximum atomic E-state index is 11.2. The third kappa shape index (κ3) is 3.09. The van der Waals surface area contributed by atoms with Gasteiger partial charge in [-0.25, -0.2) is 0 Å². The number of rotatable bonds is 2. The lowest BCUT2D eigenvalue weighted by Crippen LogP contribution is -2.53. The summed E-state index contributed by atoms with van der Waals surface area (Å²) in [5.41, 5.74) is 0. The molecule has 0 aromatic carbocycles. The molecule has 1 saturated heterocycles. The van der Waals surface area contributed by atoms with E-state index < -0.39 is 24.1 Å². The van der Waals surface area contributed by atoms with Crippen LogP contribution in [0.1, 0.15) is 6.92 Å². The van der Waals surface area contributed by atoms with Crippen LogP contribution in [0.15, 0.2) is 0 Å². The zero-order valence-electron chi connectivity index (χ0n) is 7.97. The first-order valence-corrected chi connectivity index (χ1v) is 4.40. The van der Waals surface area contributed by atoms with Gasteiger partial charge in [-0.3, -0.25) is 4.79 Å². The van der Waals surface area contributed by atoms with E-state index in [1.807, 2.05) is 0 Å². The Labute approximate surface area is 88.9 Å². The lowest BCUT2D eigenvalue weighted by atomic mass is 9.94. The van der Waals surface area contributed by atoms with Crippen LogP contribution in [0.4, 0.5) is 0 Å². The number of piperidine rings is 1. The summed E-state index contributed by atoms with van der Waals surface area (Å²) >= 11 is 0. The van der Waals surface area contributed by atoms with Crippen LogP contribution in [0.2, 0.25) is 0 Å². The van der Waals surface area contributed by atoms with Gasteiger partial charge in [0, 0.05) is 13.1 Å². The number of esters is 1. The molecule has 1 aliphatic rings. The van der Waals surface area contributed by atoms with Crippen molar-refractivity contribution in [3.05, 3.63) is 0 Å². The predicted molar refractivity (Wildman–Crippen MR) is 52.3 cm³/mol. The molecule has 0 aromatic heterocycles. The molecule has 1 fully saturated rings. The highest BCUT2D eigenvalue weighted by Crippen LogP contribution is 2.13. The molecular formula is C8H16ClNO4. The van der Waals surface area contributed by atoms with E-state index in [9.17, 15) is 15.0 Å². The van der Waals surface area contributed by atoms with Crippen molar-refractivity contribution in [3.8, 4) is 0 Å². The minimum Gasteiger partial charge on any atom is -0.466 e. The summed E-state index contributed by atoms with van der Waals surface area (Å²) in [6.07, 6.45) is -1.90. The maximum Gasteiger partial charge on any atom is 0.312 e. The molecule has 0 aromatic rings. The number of ether oxygens (including phenoxy) is 1. The molecule has 3 atom stereocenters. The van der Waals surface area contributed by atoms with Crippen molar-refractivity contribution in [1.82, 2.24) is 5.32 Å². The van der Waals surface area contributed by atoms with Crippen molar-refractivity contribution in [2.24, 2.45) is 5.92 Å². The molecule has 3 N–H and O–H groups in total. The second-order valence-electron chi connectivity index (χ2n) is 3.07. The van der Waals surface area contributed by atoms with Crippen molar-refractivity contribution in [2.45, 2.75) is 19.1 Å².